The molecule has 0 aliphatic heterocycles. The maximum Gasteiger partial charge on any atom is 0.328 e. The molecular weight excluding hydrogens is 178 g/mol. The van der Waals surface area contributed by atoms with Crippen molar-refractivity contribution in [3.63, 3.8) is 0 Å². The molecule has 3 nitrogen and oxygen atoms in total. The smallest absolute Gasteiger partial charge is 0.328 e. The first-order chi connectivity index (χ1) is 6.59. The predicted octanol–water partition coefficient (Wildman–Crippen LogP) is 1.85. The standard InChI is InChI=1S/C11H13NO2/c1-12(2)10-6-3-9(4-7-10)5-8-11(13)14/h3-8H,1-2H3,(H,13,14)/b8-5-. The van der Waals surface area contributed by atoms with Crippen LogP contribution in [0.15, 0.2) is 30.3 Å². The van der Waals surface area contributed by atoms with Crippen LogP contribution in [0.2, 0.25) is 0 Å². The maximum atomic E-state index is 10.3. The highest BCUT2D eigenvalue weighted by molar-refractivity contribution is 5.85. The molecule has 14 heavy (non-hydrogen) atoms. The largest absolute Gasteiger partial charge is 0.478 e. The third-order valence-corrected chi connectivity index (χ3v) is 1.83. The first-order valence-corrected chi connectivity index (χ1v) is 4.28. The summed E-state index contributed by atoms with van der Waals surface area (Å²) < 4.78 is 0. The van der Waals surface area contributed by atoms with Gasteiger partial charge in [0.05, 0.1) is 0 Å². The van der Waals surface area contributed by atoms with Crippen molar-refractivity contribution in [3.8, 4) is 0 Å². The number of hydrogen-bond acceptors (Lipinski definition) is 2. The van der Waals surface area contributed by atoms with Crippen molar-refractivity contribution in [2.24, 2.45) is 0 Å². The summed E-state index contributed by atoms with van der Waals surface area (Å²) in [6, 6.07) is 7.66. The zero-order valence-corrected chi connectivity index (χ0v) is 8.27. The van der Waals surface area contributed by atoms with E-state index in [0.717, 1.165) is 17.3 Å². The van der Waals surface area contributed by atoms with Gasteiger partial charge >= 0.3 is 5.97 Å². The fourth-order valence-corrected chi connectivity index (χ4v) is 1.05. The van der Waals surface area contributed by atoms with Crippen LogP contribution in [0.1, 0.15) is 5.56 Å². The Kier molecular flexibility index (Phi) is 3.29. The molecule has 0 spiro atoms. The Labute approximate surface area is 83.3 Å². The summed E-state index contributed by atoms with van der Waals surface area (Å²) in [5.41, 5.74) is 1.98. The summed E-state index contributed by atoms with van der Waals surface area (Å²) in [6.07, 6.45) is 2.70. The lowest BCUT2D eigenvalue weighted by molar-refractivity contribution is -0.131. The Morgan fingerprint density at radius 3 is 2.29 bits per heavy atom. The Morgan fingerprint density at radius 1 is 1.29 bits per heavy atom. The molecule has 0 saturated carbocycles. The van der Waals surface area contributed by atoms with Gasteiger partial charge in [0.25, 0.3) is 0 Å². The van der Waals surface area contributed by atoms with E-state index in [0.29, 0.717) is 0 Å². The van der Waals surface area contributed by atoms with E-state index < -0.39 is 5.97 Å². The lowest BCUT2D eigenvalue weighted by atomic mass is 10.2. The molecule has 0 aromatic heterocycles. The lowest BCUT2D eigenvalue weighted by Gasteiger charge is -2.11. The molecule has 1 aromatic rings. The molecule has 0 heterocycles. The molecule has 74 valence electrons. The van der Waals surface area contributed by atoms with Gasteiger partial charge in [0.1, 0.15) is 0 Å². The van der Waals surface area contributed by atoms with E-state index in [2.05, 4.69) is 0 Å². The summed E-state index contributed by atoms with van der Waals surface area (Å²) in [5.74, 6) is -0.929. The average Bonchev–Trinajstić information content (AvgIpc) is 2.15. The molecule has 0 amide bonds. The summed E-state index contributed by atoms with van der Waals surface area (Å²) in [6.45, 7) is 0. The van der Waals surface area contributed by atoms with E-state index in [4.69, 9.17) is 5.11 Å². The molecule has 0 bridgehead atoms. The fraction of sp³-hybridized carbons (Fsp3) is 0.182. The van der Waals surface area contributed by atoms with Gasteiger partial charge in [-0.3, -0.25) is 0 Å². The molecule has 0 unspecified atom stereocenters. The van der Waals surface area contributed by atoms with Crippen molar-refractivity contribution < 1.29 is 9.90 Å². The summed E-state index contributed by atoms with van der Waals surface area (Å²) in [4.78, 5) is 12.2. The second-order valence-electron chi connectivity index (χ2n) is 3.16. The zero-order valence-electron chi connectivity index (χ0n) is 8.27. The van der Waals surface area contributed by atoms with Crippen LogP contribution in [-0.4, -0.2) is 25.2 Å². The first-order valence-electron chi connectivity index (χ1n) is 4.28. The van der Waals surface area contributed by atoms with Crippen molar-refractivity contribution in [1.82, 2.24) is 0 Å². The van der Waals surface area contributed by atoms with Gasteiger partial charge in [-0.25, -0.2) is 4.79 Å². The van der Waals surface area contributed by atoms with Gasteiger partial charge < -0.3 is 10.0 Å². The molecule has 0 fully saturated rings. The van der Waals surface area contributed by atoms with E-state index in [1.807, 2.05) is 43.3 Å². The summed E-state index contributed by atoms with van der Waals surface area (Å²) >= 11 is 0. The quantitative estimate of drug-likeness (QED) is 0.741. The van der Waals surface area contributed by atoms with Gasteiger partial charge in [-0.2, -0.15) is 0 Å². The Balaban J connectivity index is 2.78. The Hall–Kier alpha value is -1.77. The average molecular weight is 191 g/mol. The number of carboxylic acids is 1. The van der Waals surface area contributed by atoms with Crippen molar-refractivity contribution >= 4 is 17.7 Å². The van der Waals surface area contributed by atoms with Gasteiger partial charge in [0.15, 0.2) is 0 Å². The highest BCUT2D eigenvalue weighted by Gasteiger charge is 1.93. The maximum absolute atomic E-state index is 10.3. The molecule has 1 rings (SSSR count). The molecule has 1 aromatic carbocycles. The fourth-order valence-electron chi connectivity index (χ4n) is 1.05. The van der Waals surface area contributed by atoms with Crippen LogP contribution in [-0.2, 0) is 4.79 Å². The summed E-state index contributed by atoms with van der Waals surface area (Å²) in [5, 5.41) is 8.42. The molecule has 1 N–H and O–H groups in total. The van der Waals surface area contributed by atoms with Crippen molar-refractivity contribution in [2.75, 3.05) is 19.0 Å². The minimum absolute atomic E-state index is 0.887. The van der Waals surface area contributed by atoms with Gasteiger partial charge in [-0.05, 0) is 23.8 Å². The van der Waals surface area contributed by atoms with Crippen molar-refractivity contribution in [1.29, 1.82) is 0 Å². The molecule has 3 heteroatoms. The van der Waals surface area contributed by atoms with Crippen molar-refractivity contribution in [2.45, 2.75) is 0 Å². The molecular formula is C11H13NO2. The number of nitrogens with zero attached hydrogens (tertiary/aromatic N) is 1. The molecule has 0 radical (unpaired) electrons. The third-order valence-electron chi connectivity index (χ3n) is 1.83. The van der Waals surface area contributed by atoms with Crippen LogP contribution in [0.25, 0.3) is 6.08 Å². The lowest BCUT2D eigenvalue weighted by Crippen LogP contribution is -2.07. The van der Waals surface area contributed by atoms with E-state index in [1.165, 1.54) is 0 Å². The number of anilines is 1. The number of rotatable bonds is 3. The highest BCUT2D eigenvalue weighted by atomic mass is 16.4. The molecule has 0 aliphatic rings. The number of carboxylic acid groups (broad SMARTS) is 1. The van der Waals surface area contributed by atoms with E-state index in [-0.39, 0.29) is 0 Å². The van der Waals surface area contributed by atoms with Crippen LogP contribution in [0.3, 0.4) is 0 Å². The summed E-state index contributed by atoms with van der Waals surface area (Å²) in [7, 11) is 3.92. The van der Waals surface area contributed by atoms with Gasteiger partial charge in [-0.15, -0.1) is 0 Å². The SMILES string of the molecule is CN(C)c1ccc(/C=C\C(=O)O)cc1. The Morgan fingerprint density at radius 2 is 1.86 bits per heavy atom. The monoisotopic (exact) mass is 191 g/mol. The first kappa shape index (κ1) is 10.3. The zero-order chi connectivity index (χ0) is 10.6. The number of carbonyl (C=O) groups is 1. The number of benzene rings is 1. The highest BCUT2D eigenvalue weighted by Crippen LogP contribution is 2.12. The van der Waals surface area contributed by atoms with Crippen LogP contribution in [0, 0.1) is 0 Å². The number of hydrogen-bond donors (Lipinski definition) is 1. The minimum atomic E-state index is -0.929. The van der Waals surface area contributed by atoms with E-state index in [1.54, 1.807) is 6.08 Å². The number of aliphatic carboxylic acids is 1. The van der Waals surface area contributed by atoms with E-state index in [9.17, 15) is 4.79 Å². The predicted molar refractivity (Wildman–Crippen MR) is 57.4 cm³/mol. The van der Waals surface area contributed by atoms with Gasteiger partial charge in [0.2, 0.25) is 0 Å². The third kappa shape index (κ3) is 2.94. The molecule has 0 aliphatic carbocycles. The van der Waals surface area contributed by atoms with Gasteiger partial charge in [-0.1, -0.05) is 12.1 Å². The van der Waals surface area contributed by atoms with Crippen LogP contribution < -0.4 is 4.90 Å². The topological polar surface area (TPSA) is 40.5 Å². The molecule has 0 atom stereocenters. The van der Waals surface area contributed by atoms with Crippen LogP contribution in [0.5, 0.6) is 0 Å². The normalized spacial score (nSPS) is 10.4. The van der Waals surface area contributed by atoms with Crippen LogP contribution >= 0.6 is 0 Å². The minimum Gasteiger partial charge on any atom is -0.478 e. The second-order valence-corrected chi connectivity index (χ2v) is 3.16. The Bertz CT molecular complexity index is 339. The van der Waals surface area contributed by atoms with E-state index >= 15 is 0 Å². The second kappa shape index (κ2) is 4.46. The van der Waals surface area contributed by atoms with Crippen LogP contribution in [0.4, 0.5) is 5.69 Å². The van der Waals surface area contributed by atoms with Gasteiger partial charge in [0, 0.05) is 25.9 Å². The van der Waals surface area contributed by atoms with Crippen molar-refractivity contribution in [3.05, 3.63) is 35.9 Å². The molecule has 0 saturated heterocycles.